The van der Waals surface area contributed by atoms with E-state index in [1.165, 1.54) is 12.1 Å². The van der Waals surface area contributed by atoms with Crippen LogP contribution in [0.4, 0.5) is 13.2 Å². The molecule has 2 atom stereocenters. The summed E-state index contributed by atoms with van der Waals surface area (Å²) in [6, 6.07) is 5.74. The van der Waals surface area contributed by atoms with Crippen molar-refractivity contribution in [1.82, 2.24) is 21.1 Å². The highest BCUT2D eigenvalue weighted by molar-refractivity contribution is 5.82. The number of carbonyl (C=O) groups is 1. The van der Waals surface area contributed by atoms with E-state index in [-0.39, 0.29) is 18.0 Å². The zero-order valence-electron chi connectivity index (χ0n) is 17.1. The summed E-state index contributed by atoms with van der Waals surface area (Å²) < 4.78 is 38.6. The van der Waals surface area contributed by atoms with E-state index in [1.807, 2.05) is 0 Å². The summed E-state index contributed by atoms with van der Waals surface area (Å²) in [5.74, 6) is 0.609. The molecule has 0 aliphatic carbocycles. The van der Waals surface area contributed by atoms with Crippen LogP contribution in [0.2, 0.25) is 0 Å². The molecule has 1 amide bonds. The molecule has 0 saturated carbocycles. The van der Waals surface area contributed by atoms with Crippen LogP contribution in [-0.2, 0) is 17.5 Å². The minimum atomic E-state index is -4.31. The predicted octanol–water partition coefficient (Wildman–Crippen LogP) is 3.07. The number of carbonyl (C=O) groups excluding carboxylic acids is 1. The average molecular weight is 413 g/mol. The highest BCUT2D eigenvalue weighted by atomic mass is 19.4. The van der Waals surface area contributed by atoms with E-state index >= 15 is 0 Å². The first kappa shape index (κ1) is 22.1. The fourth-order valence-electron chi connectivity index (χ4n) is 4.16. The Morgan fingerprint density at radius 3 is 2.62 bits per heavy atom. The lowest BCUT2D eigenvalue weighted by Crippen LogP contribution is -2.50. The molecule has 5 nitrogen and oxygen atoms in total. The van der Waals surface area contributed by atoms with Crippen LogP contribution in [0.15, 0.2) is 24.3 Å². The molecule has 2 saturated heterocycles. The number of hydrazine groups is 1. The van der Waals surface area contributed by atoms with E-state index in [4.69, 9.17) is 0 Å². The normalized spacial score (nSPS) is 24.2. The number of amides is 1. The van der Waals surface area contributed by atoms with Crippen molar-refractivity contribution < 1.29 is 18.0 Å². The van der Waals surface area contributed by atoms with Crippen molar-refractivity contribution in [3.63, 3.8) is 0 Å². The Hall–Kier alpha value is -1.64. The quantitative estimate of drug-likeness (QED) is 0.672. The maximum Gasteiger partial charge on any atom is 0.416 e. The Morgan fingerprint density at radius 1 is 1.24 bits per heavy atom. The fraction of sp³-hybridized carbons (Fsp3) is 0.667. The Bertz CT molecular complexity index is 687. The molecule has 2 heterocycles. The van der Waals surface area contributed by atoms with Crippen molar-refractivity contribution in [1.29, 1.82) is 0 Å². The van der Waals surface area contributed by atoms with Crippen molar-refractivity contribution in [3.8, 4) is 0 Å². The number of hydrogen-bond donors (Lipinski definition) is 3. The Kier molecular flexibility index (Phi) is 7.19. The minimum Gasteiger partial charge on any atom is -0.352 e. The van der Waals surface area contributed by atoms with Gasteiger partial charge in [-0.1, -0.05) is 32.0 Å². The molecule has 1 aromatic rings. The van der Waals surface area contributed by atoms with Gasteiger partial charge < -0.3 is 5.32 Å². The third kappa shape index (κ3) is 6.42. The van der Waals surface area contributed by atoms with Crippen molar-refractivity contribution in [2.45, 2.75) is 70.4 Å². The summed E-state index contributed by atoms with van der Waals surface area (Å²) in [6.07, 6.45) is -0.881. The number of piperidine rings is 1. The monoisotopic (exact) mass is 412 g/mol. The van der Waals surface area contributed by atoms with Gasteiger partial charge in [-0.2, -0.15) is 13.2 Å². The molecule has 0 aromatic heterocycles. The third-order valence-corrected chi connectivity index (χ3v) is 5.65. The number of nitrogens with zero attached hydrogens (tertiary/aromatic N) is 1. The van der Waals surface area contributed by atoms with Crippen LogP contribution in [0.3, 0.4) is 0 Å². The number of hydrogen-bond acceptors (Lipinski definition) is 4. The summed E-state index contributed by atoms with van der Waals surface area (Å²) in [5.41, 5.74) is 6.36. The van der Waals surface area contributed by atoms with Crippen LogP contribution in [0.5, 0.6) is 0 Å². The summed E-state index contributed by atoms with van der Waals surface area (Å²) in [7, 11) is 0. The molecular weight excluding hydrogens is 381 g/mol. The molecule has 2 fully saturated rings. The number of nitrogens with one attached hydrogen (secondary N) is 3. The van der Waals surface area contributed by atoms with Crippen molar-refractivity contribution in [2.24, 2.45) is 5.92 Å². The number of likely N-dealkylation sites (tertiary alicyclic amines) is 1. The number of benzene rings is 1. The maximum atomic E-state index is 12.9. The molecule has 1 aromatic carbocycles. The second-order valence-electron chi connectivity index (χ2n) is 8.66. The largest absolute Gasteiger partial charge is 0.416 e. The molecule has 2 aliphatic rings. The molecular formula is C21H31F3N4O. The Labute approximate surface area is 170 Å². The molecule has 2 aliphatic heterocycles. The summed E-state index contributed by atoms with van der Waals surface area (Å²) in [4.78, 5) is 14.7. The van der Waals surface area contributed by atoms with Gasteiger partial charge in [-0.25, -0.2) is 5.43 Å². The zero-order valence-corrected chi connectivity index (χ0v) is 17.1. The van der Waals surface area contributed by atoms with E-state index in [9.17, 15) is 18.0 Å². The van der Waals surface area contributed by atoms with Gasteiger partial charge in [0.1, 0.15) is 6.04 Å². The van der Waals surface area contributed by atoms with Gasteiger partial charge in [0, 0.05) is 31.7 Å². The van der Waals surface area contributed by atoms with Crippen molar-refractivity contribution in [2.75, 3.05) is 13.1 Å². The SMILES string of the molecule is CC(C)CC1CC(C(=O)NC2CCN(Cc3cccc(C(F)(F)F)c3)CC2)NN1. The lowest BCUT2D eigenvalue weighted by molar-refractivity contribution is -0.137. The number of alkyl halides is 3. The van der Waals surface area contributed by atoms with Gasteiger partial charge >= 0.3 is 6.18 Å². The fourth-order valence-corrected chi connectivity index (χ4v) is 4.16. The second-order valence-corrected chi connectivity index (χ2v) is 8.66. The zero-order chi connectivity index (χ0) is 21.0. The van der Waals surface area contributed by atoms with E-state index in [0.717, 1.165) is 44.8 Å². The second kappa shape index (κ2) is 9.45. The highest BCUT2D eigenvalue weighted by Gasteiger charge is 2.32. The predicted molar refractivity (Wildman–Crippen MR) is 106 cm³/mol. The first-order chi connectivity index (χ1) is 13.7. The Morgan fingerprint density at radius 2 is 1.97 bits per heavy atom. The summed E-state index contributed by atoms with van der Waals surface area (Å²) >= 11 is 0. The van der Waals surface area contributed by atoms with Gasteiger partial charge in [0.2, 0.25) is 5.91 Å². The first-order valence-electron chi connectivity index (χ1n) is 10.4. The molecule has 0 radical (unpaired) electrons. The Balaban J connectivity index is 1.42. The van der Waals surface area contributed by atoms with E-state index in [0.29, 0.717) is 24.1 Å². The topological polar surface area (TPSA) is 56.4 Å². The minimum absolute atomic E-state index is 0.0279. The van der Waals surface area contributed by atoms with Gasteiger partial charge in [0.05, 0.1) is 5.56 Å². The smallest absolute Gasteiger partial charge is 0.352 e. The van der Waals surface area contributed by atoms with Gasteiger partial charge in [-0.3, -0.25) is 15.1 Å². The summed E-state index contributed by atoms with van der Waals surface area (Å²) in [5, 5.41) is 3.13. The molecule has 2 unspecified atom stereocenters. The van der Waals surface area contributed by atoms with Gasteiger partial charge in [0.15, 0.2) is 0 Å². The number of halogens is 3. The highest BCUT2D eigenvalue weighted by Crippen LogP contribution is 2.30. The standard InChI is InChI=1S/C21H31F3N4O/c1-14(2)10-18-12-19(27-26-18)20(29)25-17-6-8-28(9-7-17)13-15-4-3-5-16(11-15)21(22,23)24/h3-5,11,14,17-19,26-27H,6-10,12-13H2,1-2H3,(H,25,29). The van der Waals surface area contributed by atoms with Crippen molar-refractivity contribution >= 4 is 5.91 Å². The molecule has 8 heteroatoms. The molecule has 29 heavy (non-hydrogen) atoms. The van der Waals surface area contributed by atoms with Gasteiger partial charge in [-0.05, 0) is 43.2 Å². The molecule has 3 rings (SSSR count). The summed E-state index contributed by atoms with van der Waals surface area (Å²) in [6.45, 7) is 6.35. The van der Waals surface area contributed by atoms with Crippen LogP contribution in [0.1, 0.15) is 50.7 Å². The van der Waals surface area contributed by atoms with Crippen LogP contribution >= 0.6 is 0 Å². The molecule has 162 valence electrons. The van der Waals surface area contributed by atoms with Crippen molar-refractivity contribution in [3.05, 3.63) is 35.4 Å². The molecule has 3 N–H and O–H groups in total. The first-order valence-corrected chi connectivity index (χ1v) is 10.4. The van der Waals surface area contributed by atoms with E-state index < -0.39 is 11.7 Å². The van der Waals surface area contributed by atoms with Gasteiger partial charge in [-0.15, -0.1) is 0 Å². The number of rotatable bonds is 6. The third-order valence-electron chi connectivity index (χ3n) is 5.65. The lowest BCUT2D eigenvalue weighted by atomic mass is 9.99. The van der Waals surface area contributed by atoms with Crippen LogP contribution in [-0.4, -0.2) is 42.0 Å². The maximum absolute atomic E-state index is 12.9. The van der Waals surface area contributed by atoms with Crippen LogP contribution in [0, 0.1) is 5.92 Å². The molecule has 0 bridgehead atoms. The van der Waals surface area contributed by atoms with Gasteiger partial charge in [0.25, 0.3) is 0 Å². The van der Waals surface area contributed by atoms with Crippen LogP contribution < -0.4 is 16.2 Å². The average Bonchev–Trinajstić information content (AvgIpc) is 3.11. The lowest BCUT2D eigenvalue weighted by Gasteiger charge is -2.33. The molecule has 0 spiro atoms. The van der Waals surface area contributed by atoms with Crippen LogP contribution in [0.25, 0.3) is 0 Å². The van der Waals surface area contributed by atoms with E-state index in [1.54, 1.807) is 6.07 Å². The van der Waals surface area contributed by atoms with E-state index in [2.05, 4.69) is 34.9 Å².